The Morgan fingerprint density at radius 1 is 1.11 bits per heavy atom. The predicted octanol–water partition coefficient (Wildman–Crippen LogP) is 4.60. The van der Waals surface area contributed by atoms with Crippen LogP contribution in [0.4, 0.5) is 16.2 Å². The summed E-state index contributed by atoms with van der Waals surface area (Å²) in [6.45, 7) is 4.00. The molecule has 8 nitrogen and oxygen atoms in total. The molecule has 0 spiro atoms. The van der Waals surface area contributed by atoms with Crippen molar-refractivity contribution in [1.82, 2.24) is 24.7 Å². The Balaban J connectivity index is 0.00000102. The summed E-state index contributed by atoms with van der Waals surface area (Å²) in [5.74, 6) is 0.482. The summed E-state index contributed by atoms with van der Waals surface area (Å²) in [4.78, 5) is 25.6. The van der Waals surface area contributed by atoms with Crippen molar-refractivity contribution in [3.8, 4) is 5.82 Å². The number of hydrogen-bond acceptors (Lipinski definition) is 6. The molecule has 4 aromatic rings. The van der Waals surface area contributed by atoms with E-state index in [1.54, 1.807) is 47.0 Å². The summed E-state index contributed by atoms with van der Waals surface area (Å²) >= 11 is 7.64. The number of fused-ring (bicyclic) bond motifs is 1. The van der Waals surface area contributed by atoms with Gasteiger partial charge in [-0.25, -0.2) is 24.4 Å². The molecule has 0 unspecified atom stereocenters. The van der Waals surface area contributed by atoms with Crippen LogP contribution in [-0.2, 0) is 0 Å². The van der Waals surface area contributed by atoms with E-state index in [0.29, 0.717) is 22.2 Å². The van der Waals surface area contributed by atoms with Gasteiger partial charge in [0.15, 0.2) is 5.82 Å². The van der Waals surface area contributed by atoms with Crippen molar-refractivity contribution >= 4 is 50.7 Å². The summed E-state index contributed by atoms with van der Waals surface area (Å²) in [6.07, 6.45) is 6.44. The lowest BCUT2D eigenvalue weighted by molar-refractivity contribution is 0.262. The van der Waals surface area contributed by atoms with Crippen molar-refractivity contribution in [1.29, 1.82) is 0 Å². The Morgan fingerprint density at radius 3 is 2.56 bits per heavy atom. The standard InChI is InChI=1S/C15H10ClN7OS.C2H6/c16-11-4-9(6-17-13(11)23-3-1-2-20-23)21-15(24)22-10-5-12-14(18-7-10)25-8-19-12;1-2/h1-8H,(H2,21,22,24);1-2H3. The number of aromatic nitrogens is 5. The number of rotatable bonds is 3. The highest BCUT2D eigenvalue weighted by Crippen LogP contribution is 2.22. The Labute approximate surface area is 164 Å². The third-order valence-electron chi connectivity index (χ3n) is 3.25. The molecule has 0 fully saturated rings. The van der Waals surface area contributed by atoms with Gasteiger partial charge in [-0.2, -0.15) is 5.10 Å². The van der Waals surface area contributed by atoms with Crippen molar-refractivity contribution in [3.63, 3.8) is 0 Å². The van der Waals surface area contributed by atoms with Crippen molar-refractivity contribution in [2.45, 2.75) is 13.8 Å². The minimum atomic E-state index is -0.430. The number of halogens is 1. The fourth-order valence-electron chi connectivity index (χ4n) is 2.18. The van der Waals surface area contributed by atoms with E-state index in [4.69, 9.17) is 11.6 Å². The molecule has 0 bridgehead atoms. The Hall–Kier alpha value is -3.04. The molecule has 0 aliphatic heterocycles. The molecule has 10 heteroatoms. The number of urea groups is 1. The molecule has 0 saturated carbocycles. The zero-order valence-electron chi connectivity index (χ0n) is 14.5. The zero-order chi connectivity index (χ0) is 19.2. The number of amides is 2. The van der Waals surface area contributed by atoms with Crippen LogP contribution in [0.1, 0.15) is 13.8 Å². The molecule has 2 amide bonds. The lowest BCUT2D eigenvalue weighted by Crippen LogP contribution is -2.19. The highest BCUT2D eigenvalue weighted by molar-refractivity contribution is 7.16. The maximum atomic E-state index is 12.1. The normalized spacial score (nSPS) is 10.2. The van der Waals surface area contributed by atoms with E-state index < -0.39 is 6.03 Å². The lowest BCUT2D eigenvalue weighted by Gasteiger charge is -2.09. The van der Waals surface area contributed by atoms with E-state index in [1.807, 2.05) is 13.8 Å². The van der Waals surface area contributed by atoms with Gasteiger partial charge in [0.2, 0.25) is 0 Å². The van der Waals surface area contributed by atoms with Gasteiger partial charge in [0.05, 0.1) is 34.3 Å². The number of carbonyl (C=O) groups excluding carboxylic acids is 1. The number of nitrogens with zero attached hydrogens (tertiary/aromatic N) is 5. The first-order valence-corrected chi connectivity index (χ1v) is 9.37. The lowest BCUT2D eigenvalue weighted by atomic mass is 10.4. The smallest absolute Gasteiger partial charge is 0.306 e. The second-order valence-corrected chi connectivity index (χ2v) is 6.20. The topological polar surface area (TPSA) is 97.6 Å². The number of hydrogen-bond donors (Lipinski definition) is 2. The molecular formula is C17H16ClN7OS. The number of anilines is 2. The van der Waals surface area contributed by atoms with E-state index in [2.05, 4.69) is 30.7 Å². The molecule has 0 radical (unpaired) electrons. The summed E-state index contributed by atoms with van der Waals surface area (Å²) in [7, 11) is 0. The van der Waals surface area contributed by atoms with Crippen LogP contribution >= 0.6 is 22.9 Å². The monoisotopic (exact) mass is 401 g/mol. The van der Waals surface area contributed by atoms with Gasteiger partial charge < -0.3 is 10.6 Å². The fraction of sp³-hybridized carbons (Fsp3) is 0.118. The van der Waals surface area contributed by atoms with Crippen LogP contribution < -0.4 is 10.6 Å². The summed E-state index contributed by atoms with van der Waals surface area (Å²) in [5.41, 5.74) is 3.44. The van der Waals surface area contributed by atoms with Crippen molar-refractivity contribution in [2.24, 2.45) is 0 Å². The van der Waals surface area contributed by atoms with Gasteiger partial charge >= 0.3 is 6.03 Å². The highest BCUT2D eigenvalue weighted by atomic mass is 35.5. The molecule has 0 atom stereocenters. The molecule has 0 aliphatic rings. The van der Waals surface area contributed by atoms with Crippen LogP contribution in [0.25, 0.3) is 16.2 Å². The molecule has 27 heavy (non-hydrogen) atoms. The molecule has 4 aromatic heterocycles. The van der Waals surface area contributed by atoms with Gasteiger partial charge in [0, 0.05) is 12.4 Å². The second-order valence-electron chi connectivity index (χ2n) is 4.96. The minimum Gasteiger partial charge on any atom is -0.306 e. The van der Waals surface area contributed by atoms with Crippen molar-refractivity contribution < 1.29 is 4.79 Å². The van der Waals surface area contributed by atoms with Crippen LogP contribution in [0.5, 0.6) is 0 Å². The van der Waals surface area contributed by atoms with E-state index in [-0.39, 0.29) is 0 Å². The third-order valence-corrected chi connectivity index (χ3v) is 4.27. The van der Waals surface area contributed by atoms with E-state index in [0.717, 1.165) is 10.3 Å². The quantitative estimate of drug-likeness (QED) is 0.523. The van der Waals surface area contributed by atoms with Crippen LogP contribution in [0, 0.1) is 0 Å². The first-order chi connectivity index (χ1) is 13.2. The highest BCUT2D eigenvalue weighted by Gasteiger charge is 2.09. The van der Waals surface area contributed by atoms with Gasteiger partial charge in [-0.1, -0.05) is 25.4 Å². The third kappa shape index (κ3) is 4.39. The molecule has 2 N–H and O–H groups in total. The maximum absolute atomic E-state index is 12.1. The molecular weight excluding hydrogens is 386 g/mol. The predicted molar refractivity (Wildman–Crippen MR) is 108 cm³/mol. The Kier molecular flexibility index (Phi) is 5.94. The van der Waals surface area contributed by atoms with E-state index in [9.17, 15) is 4.79 Å². The average Bonchev–Trinajstić information content (AvgIpc) is 3.35. The minimum absolute atomic E-state index is 0.368. The van der Waals surface area contributed by atoms with Gasteiger partial charge in [-0.05, 0) is 18.2 Å². The van der Waals surface area contributed by atoms with E-state index in [1.165, 1.54) is 17.5 Å². The zero-order valence-corrected chi connectivity index (χ0v) is 16.1. The van der Waals surface area contributed by atoms with Crippen LogP contribution in [-0.4, -0.2) is 30.8 Å². The fourth-order valence-corrected chi connectivity index (χ4v) is 3.05. The van der Waals surface area contributed by atoms with Gasteiger partial charge in [-0.3, -0.25) is 0 Å². The first kappa shape index (κ1) is 18.7. The number of pyridine rings is 2. The van der Waals surface area contributed by atoms with Gasteiger partial charge in [-0.15, -0.1) is 11.3 Å². The average molecular weight is 402 g/mol. The molecule has 0 aromatic carbocycles. The van der Waals surface area contributed by atoms with E-state index >= 15 is 0 Å². The SMILES string of the molecule is CC.O=C(Nc1cnc(-n2cccn2)c(Cl)c1)Nc1cnc2scnc2c1. The summed E-state index contributed by atoms with van der Waals surface area (Å²) < 4.78 is 1.54. The number of carbonyl (C=O) groups is 1. The molecule has 4 rings (SSSR count). The summed E-state index contributed by atoms with van der Waals surface area (Å²) in [6, 6.07) is 4.70. The van der Waals surface area contributed by atoms with Crippen LogP contribution in [0.2, 0.25) is 5.02 Å². The Bertz CT molecular complexity index is 1050. The van der Waals surface area contributed by atoms with Crippen LogP contribution in [0.3, 0.4) is 0 Å². The largest absolute Gasteiger partial charge is 0.323 e. The summed E-state index contributed by atoms with van der Waals surface area (Å²) in [5, 5.41) is 9.81. The number of nitrogens with one attached hydrogen (secondary N) is 2. The molecule has 0 aliphatic carbocycles. The molecule has 4 heterocycles. The van der Waals surface area contributed by atoms with Gasteiger partial charge in [0.25, 0.3) is 0 Å². The maximum Gasteiger partial charge on any atom is 0.323 e. The van der Waals surface area contributed by atoms with Crippen molar-refractivity contribution in [3.05, 3.63) is 53.5 Å². The van der Waals surface area contributed by atoms with Crippen LogP contribution in [0.15, 0.2) is 48.5 Å². The molecule has 138 valence electrons. The number of thiazole rings is 1. The van der Waals surface area contributed by atoms with Crippen molar-refractivity contribution in [2.75, 3.05) is 10.6 Å². The first-order valence-electron chi connectivity index (χ1n) is 8.12. The second kappa shape index (κ2) is 8.56. The Morgan fingerprint density at radius 2 is 1.85 bits per heavy atom. The van der Waals surface area contributed by atoms with Gasteiger partial charge in [0.1, 0.15) is 10.3 Å². The molecule has 0 saturated heterocycles.